The van der Waals surface area contributed by atoms with Crippen LogP contribution in [-0.4, -0.2) is 18.6 Å². The summed E-state index contributed by atoms with van der Waals surface area (Å²) < 4.78 is 5.25. The van der Waals surface area contributed by atoms with Crippen molar-refractivity contribution in [2.75, 3.05) is 13.7 Å². The number of hydrogen-bond donors (Lipinski definition) is 0. The molecule has 112 valence electrons. The van der Waals surface area contributed by atoms with Crippen molar-refractivity contribution in [1.82, 2.24) is 4.90 Å². The Morgan fingerprint density at radius 3 is 2.71 bits per heavy atom. The number of ether oxygens (including phenoxy) is 1. The first-order valence-corrected chi connectivity index (χ1v) is 8.65. The smallest absolute Gasteiger partial charge is 0.118 e. The molecular weight excluding hydrogens is 278 g/mol. The Morgan fingerprint density at radius 2 is 2.00 bits per heavy atom. The summed E-state index contributed by atoms with van der Waals surface area (Å²) in [6.45, 7) is 2.24. The lowest BCUT2D eigenvalue weighted by atomic mass is 10.1. The van der Waals surface area contributed by atoms with Gasteiger partial charge in [-0.3, -0.25) is 4.90 Å². The zero-order valence-corrected chi connectivity index (χ0v) is 13.4. The van der Waals surface area contributed by atoms with Crippen LogP contribution in [0.15, 0.2) is 41.8 Å². The molecule has 0 N–H and O–H groups in total. The van der Waals surface area contributed by atoms with Gasteiger partial charge in [0.15, 0.2) is 0 Å². The number of likely N-dealkylation sites (tertiary alicyclic amines) is 1. The largest absolute Gasteiger partial charge is 0.497 e. The van der Waals surface area contributed by atoms with Crippen LogP contribution in [0.5, 0.6) is 5.75 Å². The molecule has 3 rings (SSSR count). The van der Waals surface area contributed by atoms with Gasteiger partial charge in [-0.05, 0) is 48.5 Å². The Bertz CT molecular complexity index is 535. The van der Waals surface area contributed by atoms with Crippen molar-refractivity contribution < 1.29 is 4.74 Å². The quantitative estimate of drug-likeness (QED) is 0.798. The van der Waals surface area contributed by atoms with Crippen LogP contribution in [0.2, 0.25) is 0 Å². The summed E-state index contributed by atoms with van der Waals surface area (Å²) in [4.78, 5) is 4.17. The number of nitrogens with zero attached hydrogens (tertiary/aromatic N) is 1. The van der Waals surface area contributed by atoms with Crippen LogP contribution in [0.4, 0.5) is 0 Å². The van der Waals surface area contributed by atoms with E-state index in [4.69, 9.17) is 4.74 Å². The van der Waals surface area contributed by atoms with Crippen LogP contribution < -0.4 is 4.74 Å². The lowest BCUT2D eigenvalue weighted by Gasteiger charge is -2.29. The average Bonchev–Trinajstić information content (AvgIpc) is 2.96. The highest BCUT2D eigenvalue weighted by Crippen LogP contribution is 2.33. The van der Waals surface area contributed by atoms with E-state index in [9.17, 15) is 0 Å². The molecular formula is C18H23NOS. The second-order valence-corrected chi connectivity index (χ2v) is 6.68. The van der Waals surface area contributed by atoms with Crippen LogP contribution in [0.25, 0.3) is 0 Å². The van der Waals surface area contributed by atoms with Crippen molar-refractivity contribution in [2.45, 2.75) is 38.3 Å². The maximum atomic E-state index is 5.25. The van der Waals surface area contributed by atoms with E-state index in [0.29, 0.717) is 6.04 Å². The highest BCUT2D eigenvalue weighted by atomic mass is 32.1. The Hall–Kier alpha value is -1.32. The monoisotopic (exact) mass is 301 g/mol. The molecule has 2 aromatic rings. The van der Waals surface area contributed by atoms with E-state index in [1.165, 1.54) is 42.7 Å². The van der Waals surface area contributed by atoms with Crippen molar-refractivity contribution in [3.05, 3.63) is 52.2 Å². The Kier molecular flexibility index (Phi) is 4.94. The topological polar surface area (TPSA) is 12.5 Å². The van der Waals surface area contributed by atoms with Crippen molar-refractivity contribution >= 4 is 11.3 Å². The molecule has 2 nitrogen and oxygen atoms in total. The fourth-order valence-electron chi connectivity index (χ4n) is 3.13. The van der Waals surface area contributed by atoms with Crippen LogP contribution in [-0.2, 0) is 6.54 Å². The molecule has 0 unspecified atom stereocenters. The van der Waals surface area contributed by atoms with Gasteiger partial charge in [0.2, 0.25) is 0 Å². The lowest BCUT2D eigenvalue weighted by molar-refractivity contribution is 0.195. The molecule has 0 bridgehead atoms. The second-order valence-electron chi connectivity index (χ2n) is 5.70. The van der Waals surface area contributed by atoms with E-state index in [-0.39, 0.29) is 0 Å². The molecule has 1 aliphatic rings. The standard InChI is InChI=1S/C18H23NOS/c1-20-16-10-8-15(9-11-16)14-19-12-4-2-3-6-17(19)18-7-5-13-21-18/h5,7-11,13,17H,2-4,6,12,14H2,1H3/t17-/m1/s1. The van der Waals surface area contributed by atoms with Gasteiger partial charge >= 0.3 is 0 Å². The van der Waals surface area contributed by atoms with E-state index in [0.717, 1.165) is 12.3 Å². The fourth-order valence-corrected chi connectivity index (χ4v) is 4.02. The van der Waals surface area contributed by atoms with E-state index in [2.05, 4.69) is 46.7 Å². The first kappa shape index (κ1) is 14.6. The molecule has 0 amide bonds. The van der Waals surface area contributed by atoms with E-state index < -0.39 is 0 Å². The molecule has 1 fully saturated rings. The number of thiophene rings is 1. The van der Waals surface area contributed by atoms with Crippen LogP contribution in [0.1, 0.15) is 42.2 Å². The molecule has 1 aromatic heterocycles. The number of hydrogen-bond acceptors (Lipinski definition) is 3. The van der Waals surface area contributed by atoms with Crippen molar-refractivity contribution in [2.24, 2.45) is 0 Å². The summed E-state index contributed by atoms with van der Waals surface area (Å²) >= 11 is 1.90. The van der Waals surface area contributed by atoms with Crippen molar-refractivity contribution in [3.8, 4) is 5.75 Å². The zero-order valence-electron chi connectivity index (χ0n) is 12.6. The molecule has 0 saturated carbocycles. The van der Waals surface area contributed by atoms with Gasteiger partial charge in [0.25, 0.3) is 0 Å². The Balaban J connectivity index is 1.76. The van der Waals surface area contributed by atoms with Crippen molar-refractivity contribution in [3.63, 3.8) is 0 Å². The molecule has 0 aliphatic carbocycles. The van der Waals surface area contributed by atoms with E-state index >= 15 is 0 Å². The molecule has 1 aliphatic heterocycles. The predicted octanol–water partition coefficient (Wildman–Crippen LogP) is 4.87. The van der Waals surface area contributed by atoms with Gasteiger partial charge in [0.05, 0.1) is 7.11 Å². The minimum Gasteiger partial charge on any atom is -0.497 e. The minimum atomic E-state index is 0.592. The van der Waals surface area contributed by atoms with E-state index in [1.54, 1.807) is 7.11 Å². The van der Waals surface area contributed by atoms with Crippen molar-refractivity contribution in [1.29, 1.82) is 0 Å². The maximum Gasteiger partial charge on any atom is 0.118 e. The predicted molar refractivity (Wildman–Crippen MR) is 88.9 cm³/mol. The molecule has 0 radical (unpaired) electrons. The average molecular weight is 301 g/mol. The normalized spacial score (nSPS) is 20.1. The number of benzene rings is 1. The second kappa shape index (κ2) is 7.10. The van der Waals surface area contributed by atoms with Gasteiger partial charge in [0.1, 0.15) is 5.75 Å². The van der Waals surface area contributed by atoms with Gasteiger partial charge in [-0.15, -0.1) is 11.3 Å². The minimum absolute atomic E-state index is 0.592. The first-order valence-electron chi connectivity index (χ1n) is 7.77. The third kappa shape index (κ3) is 3.66. The van der Waals surface area contributed by atoms with E-state index in [1.807, 2.05) is 11.3 Å². The third-order valence-electron chi connectivity index (χ3n) is 4.28. The van der Waals surface area contributed by atoms with Crippen LogP contribution in [0, 0.1) is 0 Å². The molecule has 21 heavy (non-hydrogen) atoms. The Labute approximate surface area is 131 Å². The Morgan fingerprint density at radius 1 is 1.14 bits per heavy atom. The van der Waals surface area contributed by atoms with Gasteiger partial charge in [-0.1, -0.05) is 31.0 Å². The molecule has 1 aromatic carbocycles. The SMILES string of the molecule is COc1ccc(CN2CCCCC[C@@H]2c2cccs2)cc1. The van der Waals surface area contributed by atoms with Crippen LogP contribution in [0.3, 0.4) is 0 Å². The maximum absolute atomic E-state index is 5.25. The number of methoxy groups -OCH3 is 1. The van der Waals surface area contributed by atoms with Gasteiger partial charge < -0.3 is 4.74 Å². The number of rotatable bonds is 4. The summed E-state index contributed by atoms with van der Waals surface area (Å²) in [6, 6.07) is 13.6. The van der Waals surface area contributed by atoms with Gasteiger partial charge in [-0.2, -0.15) is 0 Å². The summed E-state index contributed by atoms with van der Waals surface area (Å²) in [5.41, 5.74) is 1.37. The molecule has 3 heteroatoms. The lowest BCUT2D eigenvalue weighted by Crippen LogP contribution is -2.27. The summed E-state index contributed by atoms with van der Waals surface area (Å²) in [5.74, 6) is 0.935. The zero-order chi connectivity index (χ0) is 14.5. The molecule has 0 spiro atoms. The summed E-state index contributed by atoms with van der Waals surface area (Å²) in [6.07, 6.45) is 5.32. The third-order valence-corrected chi connectivity index (χ3v) is 5.25. The van der Waals surface area contributed by atoms with Gasteiger partial charge in [-0.25, -0.2) is 0 Å². The highest BCUT2D eigenvalue weighted by Gasteiger charge is 2.23. The first-order chi connectivity index (χ1) is 10.4. The van der Waals surface area contributed by atoms with Crippen LogP contribution >= 0.6 is 11.3 Å². The highest BCUT2D eigenvalue weighted by molar-refractivity contribution is 7.10. The fraction of sp³-hybridized carbons (Fsp3) is 0.444. The molecule has 2 heterocycles. The summed E-state index contributed by atoms with van der Waals surface area (Å²) in [5, 5.41) is 2.20. The molecule has 1 saturated heterocycles. The molecule has 1 atom stereocenters. The van der Waals surface area contributed by atoms with Gasteiger partial charge in [0, 0.05) is 17.5 Å². The summed E-state index contributed by atoms with van der Waals surface area (Å²) in [7, 11) is 1.72.